The number of H-pyrrole nitrogens is 1. The standard InChI is InChI=1S/C35H42N8O2.C7H14N2O2.2C2H6/c1-40-12-2-3-33(40)32-19-27-21-37-34(20-31(27)38-32)39-35(45)26-4-7-29(8-5-26)43-17-15-41(16-18-43)23-25-10-13-42(14-11-25)30-9-6-28(24-44)36-22-30;1-8-6(5-10)3-4-7(11)9-2;2*1-2/h4-9,19-22,24-25,33,38H,2-3,10-18,23H2,1H3,(H,37,39,45);5-6,8H,3-4H2,1-2H3,(H,9,11);2*1-2H3/t;6-;;/m.0../s1. The third-order valence-electron chi connectivity index (χ3n) is 11.4. The van der Waals surface area contributed by atoms with Crippen LogP contribution < -0.4 is 25.8 Å². The molecule has 60 heavy (non-hydrogen) atoms. The van der Waals surface area contributed by atoms with E-state index in [4.69, 9.17) is 0 Å². The molecule has 0 aliphatic carbocycles. The molecule has 326 valence electrons. The van der Waals surface area contributed by atoms with Crippen LogP contribution in [0.3, 0.4) is 0 Å². The maximum absolute atomic E-state index is 13.0. The minimum atomic E-state index is -0.202. The molecule has 7 rings (SSSR count). The highest BCUT2D eigenvalue weighted by Gasteiger charge is 2.26. The summed E-state index contributed by atoms with van der Waals surface area (Å²) in [5.74, 6) is 1.07. The number of rotatable bonds is 13. The second-order valence-corrected chi connectivity index (χ2v) is 15.0. The predicted molar refractivity (Wildman–Crippen MR) is 243 cm³/mol. The number of amides is 2. The largest absolute Gasteiger partial charge is 0.370 e. The van der Waals surface area contributed by atoms with Crippen molar-refractivity contribution < 1.29 is 19.2 Å². The lowest BCUT2D eigenvalue weighted by molar-refractivity contribution is -0.120. The molecule has 4 N–H and O–H groups in total. The molecule has 2 amide bonds. The zero-order chi connectivity index (χ0) is 43.4. The van der Waals surface area contributed by atoms with Gasteiger partial charge in [-0.25, -0.2) is 4.98 Å². The molecule has 1 unspecified atom stereocenters. The Morgan fingerprint density at radius 2 is 1.52 bits per heavy atom. The summed E-state index contributed by atoms with van der Waals surface area (Å²) in [6, 6.07) is 16.1. The number of benzene rings is 1. The number of pyridine rings is 2. The van der Waals surface area contributed by atoms with Gasteiger partial charge in [0.15, 0.2) is 6.29 Å². The maximum Gasteiger partial charge on any atom is 0.256 e. The van der Waals surface area contributed by atoms with E-state index in [1.807, 2.05) is 64.4 Å². The number of aldehydes is 2. The Kier molecular flexibility index (Phi) is 19.6. The van der Waals surface area contributed by atoms with Crippen molar-refractivity contribution in [3.8, 4) is 0 Å². The molecular weight excluding hydrogens is 757 g/mol. The summed E-state index contributed by atoms with van der Waals surface area (Å²) in [5, 5.41) is 9.31. The van der Waals surface area contributed by atoms with Crippen LogP contribution in [0, 0.1) is 5.92 Å². The smallest absolute Gasteiger partial charge is 0.256 e. The van der Waals surface area contributed by atoms with Crippen LogP contribution >= 0.6 is 0 Å². The fraction of sp³-hybridized carbons (Fsp3) is 0.522. The van der Waals surface area contributed by atoms with E-state index in [9.17, 15) is 19.2 Å². The van der Waals surface area contributed by atoms with Crippen molar-refractivity contribution in [3.63, 3.8) is 0 Å². The topological polar surface area (TPSA) is 159 Å². The highest BCUT2D eigenvalue weighted by Crippen LogP contribution is 2.32. The van der Waals surface area contributed by atoms with Gasteiger partial charge in [0.1, 0.15) is 17.8 Å². The van der Waals surface area contributed by atoms with Gasteiger partial charge in [-0.3, -0.25) is 29.2 Å². The predicted octanol–water partition coefficient (Wildman–Crippen LogP) is 6.18. The zero-order valence-corrected chi connectivity index (χ0v) is 36.9. The van der Waals surface area contributed by atoms with Gasteiger partial charge < -0.3 is 35.5 Å². The molecule has 3 fully saturated rings. The van der Waals surface area contributed by atoms with Gasteiger partial charge in [-0.05, 0) is 101 Å². The van der Waals surface area contributed by atoms with Crippen LogP contribution in [0.4, 0.5) is 17.2 Å². The van der Waals surface area contributed by atoms with Crippen LogP contribution in [0.5, 0.6) is 0 Å². The number of likely N-dealkylation sites (tertiary alicyclic amines) is 1. The second-order valence-electron chi connectivity index (χ2n) is 15.0. The van der Waals surface area contributed by atoms with E-state index < -0.39 is 0 Å². The number of hydrogen-bond acceptors (Lipinski definition) is 11. The summed E-state index contributed by atoms with van der Waals surface area (Å²) in [4.78, 5) is 66.9. The van der Waals surface area contributed by atoms with Crippen LogP contribution in [0.2, 0.25) is 0 Å². The zero-order valence-electron chi connectivity index (χ0n) is 36.9. The summed E-state index contributed by atoms with van der Waals surface area (Å²) < 4.78 is 0. The number of aromatic nitrogens is 3. The summed E-state index contributed by atoms with van der Waals surface area (Å²) in [6.07, 6.45) is 10.9. The Bertz CT molecular complexity index is 1900. The molecule has 14 nitrogen and oxygen atoms in total. The van der Waals surface area contributed by atoms with E-state index in [-0.39, 0.29) is 17.9 Å². The first-order valence-electron chi connectivity index (χ1n) is 21.8. The van der Waals surface area contributed by atoms with E-state index in [0.29, 0.717) is 41.9 Å². The highest BCUT2D eigenvalue weighted by molar-refractivity contribution is 6.04. The summed E-state index contributed by atoms with van der Waals surface area (Å²) in [6.45, 7) is 16.4. The van der Waals surface area contributed by atoms with Crippen molar-refractivity contribution in [1.82, 2.24) is 35.4 Å². The average Bonchev–Trinajstić information content (AvgIpc) is 3.94. The molecule has 3 aliphatic heterocycles. The molecule has 4 aromatic rings. The highest BCUT2D eigenvalue weighted by atomic mass is 16.2. The number of nitrogens with one attached hydrogen (secondary N) is 4. The van der Waals surface area contributed by atoms with Gasteiger partial charge in [0.05, 0.1) is 23.4 Å². The quantitative estimate of drug-likeness (QED) is 0.114. The summed E-state index contributed by atoms with van der Waals surface area (Å²) >= 11 is 0. The summed E-state index contributed by atoms with van der Waals surface area (Å²) in [5.41, 5.74) is 5.58. The van der Waals surface area contributed by atoms with Crippen molar-refractivity contribution in [2.45, 2.75) is 78.3 Å². The molecule has 6 heterocycles. The van der Waals surface area contributed by atoms with Crippen molar-refractivity contribution in [2.75, 3.05) is 88.6 Å². The van der Waals surface area contributed by atoms with E-state index in [1.54, 1.807) is 20.2 Å². The first-order valence-corrected chi connectivity index (χ1v) is 21.8. The summed E-state index contributed by atoms with van der Waals surface area (Å²) in [7, 11) is 5.45. The molecule has 3 aromatic heterocycles. The molecule has 1 aromatic carbocycles. The van der Waals surface area contributed by atoms with E-state index >= 15 is 0 Å². The fourth-order valence-corrected chi connectivity index (χ4v) is 7.89. The van der Waals surface area contributed by atoms with Crippen LogP contribution in [0.25, 0.3) is 10.9 Å². The first kappa shape index (κ1) is 47.5. The number of aromatic amines is 1. The van der Waals surface area contributed by atoms with Gasteiger partial charge in [-0.2, -0.15) is 0 Å². The van der Waals surface area contributed by atoms with Gasteiger partial charge in [-0.1, -0.05) is 27.7 Å². The van der Waals surface area contributed by atoms with Crippen molar-refractivity contribution >= 4 is 52.5 Å². The van der Waals surface area contributed by atoms with Gasteiger partial charge in [0.2, 0.25) is 5.91 Å². The van der Waals surface area contributed by atoms with E-state index in [2.05, 4.69) is 75.7 Å². The number of anilines is 3. The van der Waals surface area contributed by atoms with Gasteiger partial charge in [0, 0.05) is 99.9 Å². The van der Waals surface area contributed by atoms with Crippen molar-refractivity contribution in [2.24, 2.45) is 5.92 Å². The van der Waals surface area contributed by atoms with Crippen LogP contribution in [0.1, 0.15) is 98.8 Å². The van der Waals surface area contributed by atoms with E-state index in [1.165, 1.54) is 25.0 Å². The molecule has 3 aliphatic rings. The number of hydrogen-bond donors (Lipinski definition) is 4. The fourth-order valence-electron chi connectivity index (χ4n) is 7.89. The van der Waals surface area contributed by atoms with Crippen LogP contribution in [-0.2, 0) is 9.59 Å². The first-order chi connectivity index (χ1) is 29.3. The number of carbonyl (C=O) groups is 4. The SMILES string of the molecule is CC.CC.CN1CCCC1c1cc2cnc(NC(=O)c3ccc(N4CCN(CC5CCN(c6ccc(C=O)nc6)CC5)CC4)cc3)cc2[nH]1.CNC(=O)CC[C@@H](C=O)NC. The maximum atomic E-state index is 13.0. The molecular formula is C46H68N10O4. The Hall–Kier alpha value is -5.18. The minimum absolute atomic E-state index is 0.0351. The molecule has 0 spiro atoms. The molecule has 0 bridgehead atoms. The van der Waals surface area contributed by atoms with Crippen molar-refractivity contribution in [1.29, 1.82) is 0 Å². The lowest BCUT2D eigenvalue weighted by atomic mass is 9.95. The number of nitrogens with zero attached hydrogens (tertiary/aromatic N) is 6. The molecule has 2 atom stereocenters. The molecule has 14 heteroatoms. The lowest BCUT2D eigenvalue weighted by Crippen LogP contribution is -2.49. The Labute approximate surface area is 356 Å². The lowest BCUT2D eigenvalue weighted by Gasteiger charge is -2.40. The molecule has 0 saturated carbocycles. The van der Waals surface area contributed by atoms with Gasteiger partial charge in [-0.15, -0.1) is 0 Å². The van der Waals surface area contributed by atoms with Crippen LogP contribution in [0.15, 0.2) is 60.9 Å². The third kappa shape index (κ3) is 13.4. The Morgan fingerprint density at radius 1 is 0.833 bits per heavy atom. The monoisotopic (exact) mass is 825 g/mol. The Balaban J connectivity index is 0.000000458. The molecule has 0 radical (unpaired) electrons. The Morgan fingerprint density at radius 3 is 2.10 bits per heavy atom. The average molecular weight is 825 g/mol. The van der Waals surface area contributed by atoms with E-state index in [0.717, 1.165) is 93.6 Å². The molecule has 3 saturated heterocycles. The minimum Gasteiger partial charge on any atom is -0.370 e. The number of piperazine rings is 1. The van der Waals surface area contributed by atoms with Gasteiger partial charge >= 0.3 is 0 Å². The normalized spacial score (nSPS) is 17.6. The number of carbonyl (C=O) groups excluding carboxylic acids is 4. The third-order valence-corrected chi connectivity index (χ3v) is 11.4. The van der Waals surface area contributed by atoms with Crippen LogP contribution in [-0.4, -0.2) is 129 Å². The number of piperidine rings is 1. The van der Waals surface area contributed by atoms with Gasteiger partial charge in [0.25, 0.3) is 5.91 Å². The van der Waals surface area contributed by atoms with Crippen molar-refractivity contribution in [3.05, 3.63) is 77.9 Å². The second kappa shape index (κ2) is 24.8. The number of fused-ring (bicyclic) bond motifs is 1. The number of likely N-dealkylation sites (N-methyl/N-ethyl adjacent to an activating group) is 1.